The minimum Gasteiger partial charge on any atom is -0.311 e. The third-order valence-corrected chi connectivity index (χ3v) is 16.7. The third kappa shape index (κ3) is 5.17. The minimum atomic E-state index is -0.414. The molecule has 67 heavy (non-hydrogen) atoms. The average molecular weight is 875 g/mol. The highest BCUT2D eigenvalue weighted by atomic mass is 32.1. The van der Waals surface area contributed by atoms with Gasteiger partial charge in [-0.25, -0.2) is 0 Å². The monoisotopic (exact) mass is 874 g/mol. The summed E-state index contributed by atoms with van der Waals surface area (Å²) in [5, 5.41) is 1.31. The Morgan fingerprint density at radius 3 is 1.69 bits per heavy atom. The molecule has 14 rings (SSSR count). The first-order valence-corrected chi connectivity index (χ1v) is 24.5. The zero-order valence-corrected chi connectivity index (χ0v) is 39.4. The molecule has 1 spiro atoms. The van der Waals surface area contributed by atoms with E-state index < -0.39 is 5.41 Å². The van der Waals surface area contributed by atoms with Crippen molar-refractivity contribution in [3.8, 4) is 33.4 Å². The SMILES string of the molecule is Cc1ccc(N2c3cc(-c4c(C)cccc4C)ccc3B3c4sc5cc6c(cc5c4N(c4ccc(C)cc4)c4cc(C)cc2c43)-c2ccc(C)cc2C62c3ccccc3-c3ccccc32)cc1. The number of aryl methyl sites for hydroxylation is 6. The Morgan fingerprint density at radius 1 is 0.433 bits per heavy atom. The first-order chi connectivity index (χ1) is 32.7. The van der Waals surface area contributed by atoms with E-state index in [4.69, 9.17) is 0 Å². The fourth-order valence-electron chi connectivity index (χ4n) is 12.7. The summed E-state index contributed by atoms with van der Waals surface area (Å²) in [4.78, 5) is 5.18. The lowest BCUT2D eigenvalue weighted by Gasteiger charge is -2.43. The van der Waals surface area contributed by atoms with Crippen LogP contribution in [0.25, 0.3) is 43.5 Å². The summed E-state index contributed by atoms with van der Waals surface area (Å²) >= 11 is 2.00. The van der Waals surface area contributed by atoms with Gasteiger partial charge in [0.15, 0.2) is 0 Å². The molecule has 1 aromatic heterocycles. The van der Waals surface area contributed by atoms with Gasteiger partial charge in [0.1, 0.15) is 0 Å². The molecule has 0 fully saturated rings. The van der Waals surface area contributed by atoms with Crippen LogP contribution in [-0.2, 0) is 5.41 Å². The topological polar surface area (TPSA) is 6.48 Å². The molecule has 0 radical (unpaired) electrons. The fraction of sp³-hybridized carbons (Fsp3) is 0.111. The van der Waals surface area contributed by atoms with Gasteiger partial charge in [-0.05, 0) is 179 Å². The van der Waals surface area contributed by atoms with Gasteiger partial charge in [-0.15, -0.1) is 11.3 Å². The molecule has 2 aliphatic carbocycles. The zero-order chi connectivity index (χ0) is 45.0. The molecule has 0 N–H and O–H groups in total. The van der Waals surface area contributed by atoms with Gasteiger partial charge < -0.3 is 9.80 Å². The standard InChI is InChI=1S/C63H47BN2S/c1-36-18-24-43(25-19-36)65-55-33-42(59-40(5)12-11-13-41(59)6)23-29-54(55)64-60-56(65)31-39(4)32-57(60)66(44-26-20-37(2)21-27-44)61-49-34-48-47-28-22-38(3)30-52(47)63(53(48)35-58(49)67-62(61)64)50-16-9-7-14-45(50)46-15-8-10-17-51(46)63/h7-35H,1-6H3. The summed E-state index contributed by atoms with van der Waals surface area (Å²) in [6, 6.07) is 68.0. The van der Waals surface area contributed by atoms with Gasteiger partial charge in [0.2, 0.25) is 0 Å². The van der Waals surface area contributed by atoms with Crippen LogP contribution in [-0.4, -0.2) is 6.71 Å². The number of hydrogen-bond donors (Lipinski definition) is 0. The molecule has 4 heteroatoms. The number of thiophene rings is 1. The van der Waals surface area contributed by atoms with Crippen LogP contribution in [0.1, 0.15) is 55.6 Å². The van der Waals surface area contributed by atoms with Crippen LogP contribution in [0, 0.1) is 41.5 Å². The molecule has 0 atom stereocenters. The number of benzene rings is 9. The Bertz CT molecular complexity index is 3720. The lowest BCUT2D eigenvalue weighted by Crippen LogP contribution is -2.60. The molecule has 2 aliphatic heterocycles. The second-order valence-electron chi connectivity index (χ2n) is 19.6. The molecule has 9 aromatic carbocycles. The van der Waals surface area contributed by atoms with Crippen LogP contribution < -0.4 is 25.5 Å². The fourth-order valence-corrected chi connectivity index (χ4v) is 14.1. The van der Waals surface area contributed by atoms with Gasteiger partial charge in [-0.1, -0.05) is 138 Å². The van der Waals surface area contributed by atoms with Crippen molar-refractivity contribution < 1.29 is 0 Å². The van der Waals surface area contributed by atoms with E-state index in [1.165, 1.54) is 149 Å². The molecule has 0 amide bonds. The van der Waals surface area contributed by atoms with E-state index in [2.05, 4.69) is 227 Å². The molecule has 4 aliphatic rings. The normalized spacial score (nSPS) is 14.1. The highest BCUT2D eigenvalue weighted by Gasteiger charge is 2.53. The number of anilines is 6. The number of hydrogen-bond acceptors (Lipinski definition) is 3. The maximum absolute atomic E-state index is 2.62. The van der Waals surface area contributed by atoms with E-state index in [0.29, 0.717) is 0 Å². The van der Waals surface area contributed by atoms with Crippen LogP contribution in [0.4, 0.5) is 34.1 Å². The predicted molar refractivity (Wildman–Crippen MR) is 286 cm³/mol. The summed E-state index contributed by atoms with van der Waals surface area (Å²) < 4.78 is 2.72. The zero-order valence-electron chi connectivity index (χ0n) is 38.6. The second kappa shape index (κ2) is 13.8. The molecule has 0 unspecified atom stereocenters. The molecule has 0 bridgehead atoms. The molecular formula is C63H47BN2S. The van der Waals surface area contributed by atoms with Gasteiger partial charge in [0.05, 0.1) is 11.1 Å². The summed E-state index contributed by atoms with van der Waals surface area (Å²) in [7, 11) is 0. The second-order valence-corrected chi connectivity index (χ2v) is 20.7. The average Bonchev–Trinajstić information content (AvgIpc) is 3.95. The van der Waals surface area contributed by atoms with Crippen molar-refractivity contribution in [1.29, 1.82) is 0 Å². The third-order valence-electron chi connectivity index (χ3n) is 15.5. The van der Waals surface area contributed by atoms with Crippen molar-refractivity contribution in [2.75, 3.05) is 9.80 Å². The Labute approximate surface area is 397 Å². The molecule has 10 aromatic rings. The molecular weight excluding hydrogens is 828 g/mol. The van der Waals surface area contributed by atoms with Crippen LogP contribution in [0.2, 0.25) is 0 Å². The van der Waals surface area contributed by atoms with Gasteiger partial charge >= 0.3 is 0 Å². The van der Waals surface area contributed by atoms with Gasteiger partial charge in [-0.3, -0.25) is 0 Å². The smallest absolute Gasteiger partial charge is 0.264 e. The highest BCUT2D eigenvalue weighted by Crippen LogP contribution is 2.64. The van der Waals surface area contributed by atoms with Crippen LogP contribution in [0.5, 0.6) is 0 Å². The number of fused-ring (bicyclic) bond motifs is 16. The van der Waals surface area contributed by atoms with E-state index in [1.807, 2.05) is 11.3 Å². The predicted octanol–water partition coefficient (Wildman–Crippen LogP) is 14.8. The van der Waals surface area contributed by atoms with Crippen molar-refractivity contribution in [2.24, 2.45) is 0 Å². The van der Waals surface area contributed by atoms with Crippen molar-refractivity contribution >= 4 is 78.0 Å². The highest BCUT2D eigenvalue weighted by molar-refractivity contribution is 7.33. The van der Waals surface area contributed by atoms with E-state index in [-0.39, 0.29) is 6.71 Å². The van der Waals surface area contributed by atoms with E-state index in [9.17, 15) is 0 Å². The Morgan fingerprint density at radius 2 is 1.01 bits per heavy atom. The van der Waals surface area contributed by atoms with Crippen molar-refractivity contribution in [2.45, 2.75) is 47.0 Å². The van der Waals surface area contributed by atoms with E-state index >= 15 is 0 Å². The van der Waals surface area contributed by atoms with Crippen molar-refractivity contribution in [3.63, 3.8) is 0 Å². The van der Waals surface area contributed by atoms with Crippen LogP contribution >= 0.6 is 11.3 Å². The van der Waals surface area contributed by atoms with Gasteiger partial charge in [0.25, 0.3) is 6.71 Å². The van der Waals surface area contributed by atoms with Crippen molar-refractivity contribution in [3.05, 3.63) is 232 Å². The maximum Gasteiger partial charge on any atom is 0.264 e. The van der Waals surface area contributed by atoms with E-state index in [0.717, 1.165) is 0 Å². The lowest BCUT2D eigenvalue weighted by atomic mass is 9.36. The lowest BCUT2D eigenvalue weighted by molar-refractivity contribution is 0.794. The summed E-state index contributed by atoms with van der Waals surface area (Å²) in [5.41, 5.74) is 30.8. The molecule has 3 heterocycles. The molecule has 2 nitrogen and oxygen atoms in total. The Kier molecular flexibility index (Phi) is 8.01. The Hall–Kier alpha value is -7.40. The molecule has 318 valence electrons. The van der Waals surface area contributed by atoms with Crippen molar-refractivity contribution in [1.82, 2.24) is 0 Å². The summed E-state index contributed by atoms with van der Waals surface area (Å²) in [6.45, 7) is 13.4. The van der Waals surface area contributed by atoms with E-state index in [1.54, 1.807) is 0 Å². The number of rotatable bonds is 3. The largest absolute Gasteiger partial charge is 0.311 e. The van der Waals surface area contributed by atoms with Gasteiger partial charge in [-0.2, -0.15) is 0 Å². The van der Waals surface area contributed by atoms with Crippen LogP contribution in [0.3, 0.4) is 0 Å². The first kappa shape index (κ1) is 38.8. The summed E-state index contributed by atoms with van der Waals surface area (Å²) in [5.74, 6) is 0. The Balaban J connectivity index is 1.10. The minimum absolute atomic E-state index is 0.0232. The first-order valence-electron chi connectivity index (χ1n) is 23.7. The summed E-state index contributed by atoms with van der Waals surface area (Å²) in [6.07, 6.45) is 0. The number of nitrogens with zero attached hydrogens (tertiary/aromatic N) is 2. The maximum atomic E-state index is 2.62. The van der Waals surface area contributed by atoms with Crippen LogP contribution in [0.15, 0.2) is 176 Å². The molecule has 0 saturated carbocycles. The molecule has 0 saturated heterocycles. The quantitative estimate of drug-likeness (QED) is 0.163. The van der Waals surface area contributed by atoms with Gasteiger partial charge in [0, 0.05) is 43.3 Å².